The van der Waals surface area contributed by atoms with Gasteiger partial charge in [0.1, 0.15) is 6.10 Å². The third-order valence-electron chi connectivity index (χ3n) is 10.0. The minimum atomic E-state index is -2.47. The third-order valence-corrected chi connectivity index (χ3v) is 16.0. The number of esters is 2. The van der Waals surface area contributed by atoms with Gasteiger partial charge < -0.3 is 23.5 Å². The van der Waals surface area contributed by atoms with E-state index in [2.05, 4.69) is 62.3 Å². The molecule has 2 aliphatic rings. The Balaban J connectivity index is 1.77. The number of benzene rings is 1. The van der Waals surface area contributed by atoms with Gasteiger partial charge in [0.25, 0.3) is 8.32 Å². The lowest BCUT2D eigenvalue weighted by atomic mass is 9.75. The molecule has 1 heterocycles. The zero-order valence-electron chi connectivity index (χ0n) is 29.9. The molecule has 1 saturated carbocycles. The van der Waals surface area contributed by atoms with Crippen molar-refractivity contribution >= 4 is 26.3 Å². The quantitative estimate of drug-likeness (QED) is 0.138. The molecule has 1 aliphatic carbocycles. The van der Waals surface area contributed by atoms with E-state index in [9.17, 15) is 14.4 Å². The molecule has 258 valence electrons. The second kappa shape index (κ2) is 17.0. The van der Waals surface area contributed by atoms with E-state index in [-0.39, 0.29) is 28.8 Å². The van der Waals surface area contributed by atoms with Crippen LogP contribution in [0.4, 0.5) is 4.79 Å². The lowest BCUT2D eigenvalue weighted by Gasteiger charge is -2.42. The summed E-state index contributed by atoms with van der Waals surface area (Å²) in [7, 11) is -2.47. The van der Waals surface area contributed by atoms with Gasteiger partial charge in [0.15, 0.2) is 0 Å². The zero-order valence-corrected chi connectivity index (χ0v) is 30.9. The molecule has 1 aromatic rings. The Morgan fingerprint density at radius 1 is 0.978 bits per heavy atom. The SMILES string of the molecule is CC(=O)O[C@@H](CCCN(Cc1ccccc1)C(=O)O[Si](C(C)C)(C(C)C)C(C)C)C1=C[C@H](O[C@@H]2C[C@H](C)CC[C@H]2C(C)C)OC1=O. The van der Waals surface area contributed by atoms with E-state index in [1.165, 1.54) is 13.3 Å². The minimum absolute atomic E-state index is 0.0000645. The number of cyclic esters (lactones) is 1. The van der Waals surface area contributed by atoms with Crippen LogP contribution in [0.5, 0.6) is 0 Å². The van der Waals surface area contributed by atoms with Crippen molar-refractivity contribution in [3.63, 3.8) is 0 Å². The highest BCUT2D eigenvalue weighted by atomic mass is 28.4. The van der Waals surface area contributed by atoms with Gasteiger partial charge in [-0.2, -0.15) is 0 Å². The highest BCUT2D eigenvalue weighted by Gasteiger charge is 2.49. The molecular weight excluding hydrogens is 598 g/mol. The van der Waals surface area contributed by atoms with Crippen LogP contribution in [0.25, 0.3) is 0 Å². The summed E-state index contributed by atoms with van der Waals surface area (Å²) in [6.07, 6.45) is 3.79. The van der Waals surface area contributed by atoms with Crippen molar-refractivity contribution in [2.24, 2.45) is 17.8 Å². The maximum atomic E-state index is 13.9. The summed E-state index contributed by atoms with van der Waals surface area (Å²) in [5.41, 5.74) is 2.07. The van der Waals surface area contributed by atoms with E-state index in [0.29, 0.717) is 49.3 Å². The van der Waals surface area contributed by atoms with Crippen LogP contribution < -0.4 is 0 Å². The van der Waals surface area contributed by atoms with Crippen molar-refractivity contribution in [1.82, 2.24) is 4.90 Å². The average Bonchev–Trinajstić information content (AvgIpc) is 3.33. The Hall–Kier alpha value is -2.65. The topological polar surface area (TPSA) is 91.4 Å². The number of rotatable bonds is 15. The van der Waals surface area contributed by atoms with Crippen LogP contribution in [0.1, 0.15) is 107 Å². The Morgan fingerprint density at radius 2 is 1.61 bits per heavy atom. The highest BCUT2D eigenvalue weighted by Crippen LogP contribution is 2.43. The van der Waals surface area contributed by atoms with E-state index in [1.54, 1.807) is 11.0 Å². The molecule has 0 saturated heterocycles. The maximum absolute atomic E-state index is 13.9. The maximum Gasteiger partial charge on any atom is 0.396 e. The smallest absolute Gasteiger partial charge is 0.396 e. The molecule has 0 spiro atoms. The van der Waals surface area contributed by atoms with Gasteiger partial charge in [-0.05, 0) is 71.7 Å². The number of hydrogen-bond donors (Lipinski definition) is 0. The normalized spacial score (nSPS) is 22.7. The molecule has 0 bridgehead atoms. The Labute approximate surface area is 278 Å². The Bertz CT molecular complexity index is 1160. The second-order valence-electron chi connectivity index (χ2n) is 14.7. The van der Waals surface area contributed by atoms with Crippen molar-refractivity contribution in [3.8, 4) is 0 Å². The van der Waals surface area contributed by atoms with E-state index >= 15 is 0 Å². The molecule has 1 aromatic carbocycles. The summed E-state index contributed by atoms with van der Waals surface area (Å²) >= 11 is 0. The number of amides is 1. The van der Waals surface area contributed by atoms with Gasteiger partial charge in [0, 0.05) is 20.0 Å². The fourth-order valence-electron chi connectivity index (χ4n) is 7.73. The molecule has 8 nitrogen and oxygen atoms in total. The van der Waals surface area contributed by atoms with Gasteiger partial charge >= 0.3 is 18.0 Å². The van der Waals surface area contributed by atoms with Gasteiger partial charge in [-0.1, -0.05) is 99.1 Å². The molecule has 5 atom stereocenters. The monoisotopic (exact) mass is 657 g/mol. The molecule has 0 N–H and O–H groups in total. The van der Waals surface area contributed by atoms with Crippen molar-refractivity contribution < 1.29 is 33.0 Å². The fraction of sp³-hybridized carbons (Fsp3) is 0.703. The average molecular weight is 658 g/mol. The molecule has 9 heteroatoms. The van der Waals surface area contributed by atoms with Crippen LogP contribution >= 0.6 is 0 Å². The summed E-state index contributed by atoms with van der Waals surface area (Å²) in [4.78, 5) is 40.9. The first kappa shape index (κ1) is 37.8. The van der Waals surface area contributed by atoms with E-state index in [1.807, 2.05) is 30.3 Å². The van der Waals surface area contributed by atoms with Crippen LogP contribution in [0, 0.1) is 17.8 Å². The van der Waals surface area contributed by atoms with Gasteiger partial charge in [0.2, 0.25) is 6.29 Å². The lowest BCUT2D eigenvalue weighted by Crippen LogP contribution is -2.51. The number of carbonyl (C=O) groups is 3. The van der Waals surface area contributed by atoms with Crippen LogP contribution in [-0.4, -0.2) is 56.3 Å². The molecule has 0 aromatic heterocycles. The predicted molar refractivity (Wildman–Crippen MR) is 183 cm³/mol. The molecule has 3 rings (SSSR count). The zero-order chi connectivity index (χ0) is 34.2. The van der Waals surface area contributed by atoms with Crippen molar-refractivity contribution in [2.75, 3.05) is 6.54 Å². The number of nitrogens with zero attached hydrogens (tertiary/aromatic N) is 1. The minimum Gasteiger partial charge on any atom is -0.503 e. The Kier molecular flexibility index (Phi) is 13.9. The third kappa shape index (κ3) is 9.69. The first-order chi connectivity index (χ1) is 21.6. The summed E-state index contributed by atoms with van der Waals surface area (Å²) in [5, 5.41) is 0. The molecule has 0 unspecified atom stereocenters. The molecule has 0 radical (unpaired) electrons. The van der Waals surface area contributed by atoms with E-state index in [4.69, 9.17) is 18.6 Å². The molecule has 1 fully saturated rings. The largest absolute Gasteiger partial charge is 0.503 e. The van der Waals surface area contributed by atoms with Gasteiger partial charge in [0.05, 0.1) is 11.7 Å². The van der Waals surface area contributed by atoms with Crippen molar-refractivity contribution in [1.29, 1.82) is 0 Å². The summed E-state index contributed by atoms with van der Waals surface area (Å²) < 4.78 is 24.2. The van der Waals surface area contributed by atoms with Gasteiger partial charge in [-0.25, -0.2) is 9.59 Å². The fourth-order valence-corrected chi connectivity index (χ4v) is 12.9. The van der Waals surface area contributed by atoms with E-state index < -0.39 is 32.6 Å². The van der Waals surface area contributed by atoms with Crippen molar-refractivity contribution in [2.45, 2.75) is 143 Å². The Morgan fingerprint density at radius 3 is 2.17 bits per heavy atom. The van der Waals surface area contributed by atoms with Crippen LogP contribution in [0.2, 0.25) is 16.6 Å². The van der Waals surface area contributed by atoms with Crippen LogP contribution in [0.3, 0.4) is 0 Å². The summed E-state index contributed by atoms with van der Waals surface area (Å²) in [6, 6.07) is 9.86. The number of ether oxygens (including phenoxy) is 3. The summed E-state index contributed by atoms with van der Waals surface area (Å²) in [5.74, 6) is 0.409. The first-order valence-corrected chi connectivity index (χ1v) is 19.6. The standard InChI is InChI=1S/C37H59NO7Si/c1-24(2)31-19-18-28(9)21-34(31)43-35-22-32(36(40)44-35)33(42-29(10)39)17-14-20-38(23-30-15-12-11-13-16-30)37(41)45-46(25(3)4,26(5)6)27(7)8/h11-13,15-16,22,24-28,31,33-35H,14,17-21,23H2,1-10H3/t28-,31+,33+,34-,35-/m1/s1. The van der Waals surface area contributed by atoms with Crippen LogP contribution in [0.15, 0.2) is 42.0 Å². The van der Waals surface area contributed by atoms with E-state index in [0.717, 1.165) is 18.4 Å². The summed E-state index contributed by atoms with van der Waals surface area (Å²) in [6.45, 7) is 21.7. The highest BCUT2D eigenvalue weighted by molar-refractivity contribution is 6.78. The first-order valence-electron chi connectivity index (χ1n) is 17.4. The van der Waals surface area contributed by atoms with Crippen LogP contribution in [-0.2, 0) is 34.8 Å². The number of carbonyl (C=O) groups excluding carboxylic acids is 3. The van der Waals surface area contributed by atoms with Gasteiger partial charge in [-0.3, -0.25) is 4.79 Å². The molecule has 46 heavy (non-hydrogen) atoms. The van der Waals surface area contributed by atoms with Gasteiger partial charge in [-0.15, -0.1) is 0 Å². The molecule has 1 amide bonds. The molecule has 1 aliphatic heterocycles. The van der Waals surface area contributed by atoms with Crippen molar-refractivity contribution in [3.05, 3.63) is 47.5 Å². The second-order valence-corrected chi connectivity index (χ2v) is 20.1. The lowest BCUT2D eigenvalue weighted by molar-refractivity contribution is -0.179. The predicted octanol–water partition coefficient (Wildman–Crippen LogP) is 8.80. The molecular formula is C37H59NO7Si. The number of hydrogen-bond acceptors (Lipinski definition) is 7.